The van der Waals surface area contributed by atoms with Crippen molar-refractivity contribution in [2.75, 3.05) is 5.32 Å². The number of nitrogens with one attached hydrogen (secondary N) is 1. The predicted octanol–water partition coefficient (Wildman–Crippen LogP) is 3.98. The quantitative estimate of drug-likeness (QED) is 0.891. The van der Waals surface area contributed by atoms with Crippen LogP contribution in [0.15, 0.2) is 41.0 Å². The van der Waals surface area contributed by atoms with E-state index in [0.29, 0.717) is 16.3 Å². The van der Waals surface area contributed by atoms with Gasteiger partial charge in [-0.25, -0.2) is 0 Å². The fraction of sp³-hybridized carbons (Fsp3) is 0.154. The number of nitrogens with zero attached hydrogens (tertiary/aromatic N) is 1. The van der Waals surface area contributed by atoms with E-state index in [1.165, 1.54) is 0 Å². The van der Waals surface area contributed by atoms with E-state index in [-0.39, 0.29) is 6.04 Å². The fourth-order valence-corrected chi connectivity index (χ4v) is 1.75. The van der Waals surface area contributed by atoms with Gasteiger partial charge in [-0.05, 0) is 37.3 Å². The van der Waals surface area contributed by atoms with Gasteiger partial charge in [0.05, 0.1) is 23.6 Å². The molecular weight excluding hydrogens is 236 g/mol. The summed E-state index contributed by atoms with van der Waals surface area (Å²) >= 11 is 5.91. The number of hydrogen-bond donors (Lipinski definition) is 1. The van der Waals surface area contributed by atoms with Crippen LogP contribution >= 0.6 is 11.6 Å². The van der Waals surface area contributed by atoms with E-state index in [0.717, 1.165) is 5.76 Å². The van der Waals surface area contributed by atoms with E-state index in [9.17, 15) is 0 Å². The molecular formula is C13H11ClN2O. The maximum Gasteiger partial charge on any atom is 0.125 e. The topological polar surface area (TPSA) is 49.0 Å². The average Bonchev–Trinajstić information content (AvgIpc) is 2.83. The van der Waals surface area contributed by atoms with E-state index in [1.807, 2.05) is 19.1 Å². The zero-order valence-electron chi connectivity index (χ0n) is 9.27. The van der Waals surface area contributed by atoms with Crippen LogP contribution in [0.25, 0.3) is 0 Å². The third-order valence-electron chi connectivity index (χ3n) is 2.44. The smallest absolute Gasteiger partial charge is 0.125 e. The minimum Gasteiger partial charge on any atom is -0.467 e. The molecule has 17 heavy (non-hydrogen) atoms. The first-order valence-electron chi connectivity index (χ1n) is 5.20. The molecule has 1 atom stereocenters. The molecule has 0 aliphatic carbocycles. The van der Waals surface area contributed by atoms with Crippen LogP contribution in [0.4, 0.5) is 5.69 Å². The van der Waals surface area contributed by atoms with Crippen molar-refractivity contribution in [1.82, 2.24) is 0 Å². The van der Waals surface area contributed by atoms with Crippen LogP contribution in [-0.4, -0.2) is 0 Å². The van der Waals surface area contributed by atoms with Gasteiger partial charge in [0, 0.05) is 5.02 Å². The molecule has 0 spiro atoms. The molecule has 1 N–H and O–H groups in total. The van der Waals surface area contributed by atoms with Crippen LogP contribution in [0.5, 0.6) is 0 Å². The van der Waals surface area contributed by atoms with Gasteiger partial charge in [0.25, 0.3) is 0 Å². The van der Waals surface area contributed by atoms with E-state index in [1.54, 1.807) is 24.5 Å². The van der Waals surface area contributed by atoms with Crippen molar-refractivity contribution in [3.63, 3.8) is 0 Å². The van der Waals surface area contributed by atoms with E-state index >= 15 is 0 Å². The van der Waals surface area contributed by atoms with Crippen molar-refractivity contribution >= 4 is 17.3 Å². The van der Waals surface area contributed by atoms with Gasteiger partial charge in [0.2, 0.25) is 0 Å². The van der Waals surface area contributed by atoms with Gasteiger partial charge in [-0.15, -0.1) is 0 Å². The summed E-state index contributed by atoms with van der Waals surface area (Å²) in [4.78, 5) is 0. The molecule has 0 radical (unpaired) electrons. The Kier molecular flexibility index (Phi) is 3.36. The molecule has 1 heterocycles. The first-order chi connectivity index (χ1) is 8.20. The molecule has 1 unspecified atom stereocenters. The minimum atomic E-state index is -0.0180. The zero-order chi connectivity index (χ0) is 12.3. The molecule has 2 rings (SSSR count). The Balaban J connectivity index is 2.24. The second-order valence-corrected chi connectivity index (χ2v) is 4.12. The summed E-state index contributed by atoms with van der Waals surface area (Å²) in [5.41, 5.74) is 1.27. The fourth-order valence-electron chi connectivity index (χ4n) is 1.58. The van der Waals surface area contributed by atoms with Crippen LogP contribution in [0, 0.1) is 11.3 Å². The van der Waals surface area contributed by atoms with Crippen molar-refractivity contribution in [2.24, 2.45) is 0 Å². The molecule has 0 aliphatic heterocycles. The number of nitriles is 1. The van der Waals surface area contributed by atoms with E-state index < -0.39 is 0 Å². The maximum atomic E-state index is 9.00. The molecule has 1 aromatic carbocycles. The highest BCUT2D eigenvalue weighted by molar-refractivity contribution is 6.30. The summed E-state index contributed by atoms with van der Waals surface area (Å²) in [6.45, 7) is 1.96. The predicted molar refractivity (Wildman–Crippen MR) is 66.9 cm³/mol. The van der Waals surface area contributed by atoms with Crippen molar-refractivity contribution < 1.29 is 4.42 Å². The summed E-state index contributed by atoms with van der Waals surface area (Å²) in [6, 6.07) is 10.9. The summed E-state index contributed by atoms with van der Waals surface area (Å²) in [6.07, 6.45) is 1.62. The Hall–Kier alpha value is -1.92. The molecule has 0 aliphatic rings. The lowest BCUT2D eigenvalue weighted by molar-refractivity contribution is 0.490. The number of benzene rings is 1. The van der Waals surface area contributed by atoms with Gasteiger partial charge in [0.15, 0.2) is 0 Å². The SMILES string of the molecule is CC(Nc1cc(Cl)ccc1C#N)c1ccco1. The third kappa shape index (κ3) is 2.61. The minimum absolute atomic E-state index is 0.0180. The summed E-state index contributed by atoms with van der Waals surface area (Å²) in [7, 11) is 0. The molecule has 0 amide bonds. The first-order valence-corrected chi connectivity index (χ1v) is 5.58. The van der Waals surface area contributed by atoms with Crippen molar-refractivity contribution in [3.05, 3.63) is 52.9 Å². The van der Waals surface area contributed by atoms with Crippen LogP contribution in [0.3, 0.4) is 0 Å². The van der Waals surface area contributed by atoms with Gasteiger partial charge in [0.1, 0.15) is 11.8 Å². The second kappa shape index (κ2) is 4.94. The molecule has 0 saturated carbocycles. The number of hydrogen-bond acceptors (Lipinski definition) is 3. The third-order valence-corrected chi connectivity index (χ3v) is 2.68. The number of rotatable bonds is 3. The molecule has 0 saturated heterocycles. The molecule has 4 heteroatoms. The highest BCUT2D eigenvalue weighted by Crippen LogP contribution is 2.25. The maximum absolute atomic E-state index is 9.00. The highest BCUT2D eigenvalue weighted by Gasteiger charge is 2.10. The summed E-state index contributed by atoms with van der Waals surface area (Å²) in [5, 5.41) is 12.8. The monoisotopic (exact) mass is 246 g/mol. The average molecular weight is 247 g/mol. The Morgan fingerprint density at radius 1 is 1.41 bits per heavy atom. The highest BCUT2D eigenvalue weighted by atomic mass is 35.5. The second-order valence-electron chi connectivity index (χ2n) is 3.68. The van der Waals surface area contributed by atoms with Crippen LogP contribution in [-0.2, 0) is 0 Å². The Bertz CT molecular complexity index is 543. The summed E-state index contributed by atoms with van der Waals surface area (Å²) < 4.78 is 5.29. The van der Waals surface area contributed by atoms with Crippen molar-refractivity contribution in [2.45, 2.75) is 13.0 Å². The lowest BCUT2D eigenvalue weighted by atomic mass is 10.1. The molecule has 2 aromatic rings. The lowest BCUT2D eigenvalue weighted by Gasteiger charge is -2.14. The van der Waals surface area contributed by atoms with Gasteiger partial charge < -0.3 is 9.73 Å². The van der Waals surface area contributed by atoms with Crippen molar-refractivity contribution in [3.8, 4) is 6.07 Å². The number of halogens is 1. The van der Waals surface area contributed by atoms with Crippen LogP contribution < -0.4 is 5.32 Å². The zero-order valence-corrected chi connectivity index (χ0v) is 10.0. The normalized spacial score (nSPS) is 11.8. The molecule has 0 bridgehead atoms. The first kappa shape index (κ1) is 11.6. The standard InChI is InChI=1S/C13H11ClN2O/c1-9(13-3-2-6-17-13)16-12-7-11(14)5-4-10(12)8-15/h2-7,9,16H,1H3. The Morgan fingerprint density at radius 3 is 2.88 bits per heavy atom. The summed E-state index contributed by atoms with van der Waals surface area (Å²) in [5.74, 6) is 0.814. The van der Waals surface area contributed by atoms with Gasteiger partial charge in [-0.2, -0.15) is 5.26 Å². The van der Waals surface area contributed by atoms with E-state index in [4.69, 9.17) is 21.3 Å². The van der Waals surface area contributed by atoms with Gasteiger partial charge in [-0.1, -0.05) is 11.6 Å². The van der Waals surface area contributed by atoms with Crippen LogP contribution in [0.1, 0.15) is 24.3 Å². The van der Waals surface area contributed by atoms with Gasteiger partial charge >= 0.3 is 0 Å². The molecule has 86 valence electrons. The lowest BCUT2D eigenvalue weighted by Crippen LogP contribution is -2.06. The Labute approximate surface area is 105 Å². The van der Waals surface area contributed by atoms with Crippen LogP contribution in [0.2, 0.25) is 5.02 Å². The largest absolute Gasteiger partial charge is 0.467 e. The Morgan fingerprint density at radius 2 is 2.24 bits per heavy atom. The number of anilines is 1. The molecule has 0 fully saturated rings. The molecule has 3 nitrogen and oxygen atoms in total. The number of furan rings is 1. The molecule has 1 aromatic heterocycles. The van der Waals surface area contributed by atoms with E-state index in [2.05, 4.69) is 11.4 Å². The van der Waals surface area contributed by atoms with Crippen molar-refractivity contribution in [1.29, 1.82) is 5.26 Å². The van der Waals surface area contributed by atoms with Gasteiger partial charge in [-0.3, -0.25) is 0 Å².